The van der Waals surface area contributed by atoms with Gasteiger partial charge < -0.3 is 11.1 Å². The van der Waals surface area contributed by atoms with Crippen molar-refractivity contribution >= 4 is 23.4 Å². The minimum absolute atomic E-state index is 0.240. The average molecular weight is 364 g/mol. The Bertz CT molecular complexity index is 935. The van der Waals surface area contributed by atoms with E-state index in [1.54, 1.807) is 19.2 Å². The van der Waals surface area contributed by atoms with Gasteiger partial charge in [0.2, 0.25) is 0 Å². The molecule has 0 radical (unpaired) electrons. The number of amidine groups is 1. The maximum Gasteiger partial charge on any atom is 0.283 e. The van der Waals surface area contributed by atoms with Crippen LogP contribution in [0.5, 0.6) is 0 Å². The third kappa shape index (κ3) is 5.14. The fourth-order valence-corrected chi connectivity index (χ4v) is 2.50. The van der Waals surface area contributed by atoms with E-state index in [-0.39, 0.29) is 11.3 Å². The first kappa shape index (κ1) is 20.1. The Morgan fingerprint density at radius 2 is 2.07 bits per heavy atom. The summed E-state index contributed by atoms with van der Waals surface area (Å²) in [4.78, 5) is 25.4. The second-order valence-corrected chi connectivity index (χ2v) is 6.79. The summed E-state index contributed by atoms with van der Waals surface area (Å²) < 4.78 is 0. The van der Waals surface area contributed by atoms with E-state index in [1.165, 1.54) is 0 Å². The van der Waals surface area contributed by atoms with Crippen molar-refractivity contribution in [3.63, 3.8) is 0 Å². The average Bonchev–Trinajstić information content (AvgIpc) is 2.64. The van der Waals surface area contributed by atoms with Crippen molar-refractivity contribution in [1.82, 2.24) is 4.98 Å². The van der Waals surface area contributed by atoms with Crippen molar-refractivity contribution in [3.8, 4) is 6.07 Å². The molecule has 27 heavy (non-hydrogen) atoms. The number of nitrogens with two attached hydrogens (primary N) is 1. The molecule has 1 amide bonds. The predicted molar refractivity (Wildman–Crippen MR) is 111 cm³/mol. The van der Waals surface area contributed by atoms with Crippen molar-refractivity contribution < 1.29 is 4.79 Å². The van der Waals surface area contributed by atoms with Gasteiger partial charge in [-0.15, -0.1) is 0 Å². The Morgan fingerprint density at radius 3 is 2.74 bits per heavy atom. The van der Waals surface area contributed by atoms with Crippen LogP contribution in [-0.4, -0.2) is 23.8 Å². The van der Waals surface area contributed by atoms with E-state index in [4.69, 9.17) is 5.73 Å². The molecule has 1 heterocycles. The quantitative estimate of drug-likeness (QED) is 0.613. The van der Waals surface area contributed by atoms with Crippen LogP contribution in [0.1, 0.15) is 48.7 Å². The standard InChI is InChI=1S/C21H25N5O/c1-6-17(22)24-19-14(2)10-11-18(25-19)26-20(27)15-8-7-9-16(12-15)21(3,4)13-23-5/h7-12H,6H2,1-5H3,(H2-,22,24,25,26,27)/p+1. The lowest BCUT2D eigenvalue weighted by atomic mass is 9.85. The van der Waals surface area contributed by atoms with Gasteiger partial charge in [0.25, 0.3) is 19.0 Å². The van der Waals surface area contributed by atoms with Crippen LogP contribution in [0.3, 0.4) is 0 Å². The smallest absolute Gasteiger partial charge is 0.283 e. The first-order chi connectivity index (χ1) is 12.8. The van der Waals surface area contributed by atoms with Gasteiger partial charge in [0.1, 0.15) is 17.1 Å². The highest BCUT2D eigenvalue weighted by molar-refractivity contribution is 6.04. The molecule has 6 heteroatoms. The Labute approximate surface area is 160 Å². The molecular formula is C21H26N5O+. The molecule has 3 N–H and O–H groups in total. The van der Waals surface area contributed by atoms with Crippen LogP contribution in [0, 0.1) is 13.0 Å². The molecule has 0 fully saturated rings. The Morgan fingerprint density at radius 1 is 1.33 bits per heavy atom. The van der Waals surface area contributed by atoms with Crippen molar-refractivity contribution in [2.45, 2.75) is 39.5 Å². The second-order valence-electron chi connectivity index (χ2n) is 6.79. The normalized spacial score (nSPS) is 11.5. The van der Waals surface area contributed by atoms with E-state index in [1.807, 2.05) is 52.0 Å². The van der Waals surface area contributed by atoms with E-state index in [0.717, 1.165) is 11.1 Å². The summed E-state index contributed by atoms with van der Waals surface area (Å²) in [5.41, 5.74) is 7.81. The van der Waals surface area contributed by atoms with Gasteiger partial charge in [-0.05, 0) is 50.1 Å². The Hall–Kier alpha value is -3.20. The molecule has 0 aliphatic heterocycles. The van der Waals surface area contributed by atoms with Gasteiger partial charge in [-0.3, -0.25) is 4.79 Å². The summed E-state index contributed by atoms with van der Waals surface area (Å²) in [6.07, 6.45) is 0.637. The lowest BCUT2D eigenvalue weighted by molar-refractivity contribution is 0.102. The van der Waals surface area contributed by atoms with E-state index in [2.05, 4.69) is 26.2 Å². The molecule has 2 aromatic rings. The number of hydrogen-bond donors (Lipinski definition) is 2. The Kier molecular flexibility index (Phi) is 6.30. The number of amides is 1. The highest BCUT2D eigenvalue weighted by Gasteiger charge is 2.25. The predicted octanol–water partition coefficient (Wildman–Crippen LogP) is 4.28. The van der Waals surface area contributed by atoms with Gasteiger partial charge in [-0.2, -0.15) is 0 Å². The number of nitrogens with zero attached hydrogens (tertiary/aromatic N) is 3. The summed E-state index contributed by atoms with van der Waals surface area (Å²) in [7, 11) is 1.69. The molecule has 140 valence electrons. The number of hydrogen-bond acceptors (Lipinski definition) is 3. The first-order valence-electron chi connectivity index (χ1n) is 8.85. The molecule has 6 nitrogen and oxygen atoms in total. The van der Waals surface area contributed by atoms with Gasteiger partial charge in [0.05, 0.1) is 0 Å². The summed E-state index contributed by atoms with van der Waals surface area (Å²) in [6.45, 7) is 7.83. The zero-order valence-corrected chi connectivity index (χ0v) is 16.5. The number of carbonyl (C=O) groups excluding carboxylic acids is 1. The number of anilines is 1. The van der Waals surface area contributed by atoms with Crippen molar-refractivity contribution in [1.29, 1.82) is 0 Å². The monoisotopic (exact) mass is 364 g/mol. The fourth-order valence-electron chi connectivity index (χ4n) is 2.50. The molecule has 1 aromatic heterocycles. The largest absolute Gasteiger partial charge is 0.387 e. The zero-order valence-electron chi connectivity index (χ0n) is 16.5. The van der Waals surface area contributed by atoms with E-state index in [9.17, 15) is 4.79 Å². The number of aromatic nitrogens is 1. The zero-order chi connectivity index (χ0) is 20.0. The SMILES string of the molecule is CC/C(N)=N/c1nc(NC(=O)c2cccc(C(C)(C)C#[N+]C)c2)ccc1C. The number of rotatable bonds is 5. The second kappa shape index (κ2) is 8.45. The molecule has 0 spiro atoms. The first-order valence-corrected chi connectivity index (χ1v) is 8.85. The molecule has 0 atom stereocenters. The van der Waals surface area contributed by atoms with Crippen LogP contribution in [0.25, 0.3) is 4.85 Å². The van der Waals surface area contributed by atoms with Crippen molar-refractivity contribution in [3.05, 3.63) is 57.9 Å². The molecule has 0 aliphatic rings. The summed E-state index contributed by atoms with van der Waals surface area (Å²) in [5, 5.41) is 2.82. The van der Waals surface area contributed by atoms with Crippen LogP contribution < -0.4 is 11.1 Å². The minimum Gasteiger partial charge on any atom is -0.387 e. The third-order valence-electron chi connectivity index (χ3n) is 4.16. The van der Waals surface area contributed by atoms with E-state index >= 15 is 0 Å². The maximum absolute atomic E-state index is 12.7. The Balaban J connectivity index is 2.28. The number of nitrogens with one attached hydrogen (secondary N) is 1. The van der Waals surface area contributed by atoms with Gasteiger partial charge in [0.15, 0.2) is 5.82 Å². The number of aliphatic imine (C=N–C) groups is 1. The van der Waals surface area contributed by atoms with E-state index < -0.39 is 0 Å². The van der Waals surface area contributed by atoms with Gasteiger partial charge >= 0.3 is 0 Å². The number of pyridine rings is 1. The van der Waals surface area contributed by atoms with E-state index in [0.29, 0.717) is 29.5 Å². The van der Waals surface area contributed by atoms with Crippen molar-refractivity contribution in [2.24, 2.45) is 10.7 Å². The van der Waals surface area contributed by atoms with Crippen LogP contribution in [-0.2, 0) is 5.41 Å². The fraction of sp³-hybridized carbons (Fsp3) is 0.333. The lowest BCUT2D eigenvalue weighted by Crippen LogP contribution is -2.17. The topological polar surface area (TPSA) is 84.7 Å². The van der Waals surface area contributed by atoms with Crippen LogP contribution >= 0.6 is 0 Å². The number of aryl methyl sites for hydroxylation is 1. The van der Waals surface area contributed by atoms with Gasteiger partial charge in [-0.1, -0.05) is 30.0 Å². The summed E-state index contributed by atoms with van der Waals surface area (Å²) in [6, 6.07) is 14.1. The molecule has 0 saturated carbocycles. The van der Waals surface area contributed by atoms with Crippen LogP contribution in [0.2, 0.25) is 0 Å². The molecule has 1 aromatic carbocycles. The summed E-state index contributed by atoms with van der Waals surface area (Å²) >= 11 is 0. The maximum atomic E-state index is 12.7. The lowest BCUT2D eigenvalue weighted by Gasteiger charge is -2.14. The van der Waals surface area contributed by atoms with Gasteiger partial charge in [0, 0.05) is 12.0 Å². The molecule has 0 aliphatic carbocycles. The summed E-state index contributed by atoms with van der Waals surface area (Å²) in [5.74, 6) is 1.20. The highest BCUT2D eigenvalue weighted by Crippen LogP contribution is 2.24. The third-order valence-corrected chi connectivity index (χ3v) is 4.16. The molecule has 0 unspecified atom stereocenters. The van der Waals surface area contributed by atoms with Gasteiger partial charge in [-0.25, -0.2) is 9.98 Å². The van der Waals surface area contributed by atoms with Crippen LogP contribution in [0.15, 0.2) is 41.4 Å². The number of carbonyl (C=O) groups is 1. The molecular weight excluding hydrogens is 338 g/mol. The molecule has 2 rings (SSSR count). The molecule has 0 bridgehead atoms. The van der Waals surface area contributed by atoms with Crippen LogP contribution in [0.4, 0.5) is 11.6 Å². The highest BCUT2D eigenvalue weighted by atomic mass is 16.1. The number of benzene rings is 1. The molecule has 0 saturated heterocycles. The minimum atomic E-state index is -0.382. The van der Waals surface area contributed by atoms with Crippen molar-refractivity contribution in [2.75, 3.05) is 12.4 Å².